The quantitative estimate of drug-likeness (QED) is 0.303. The number of nitrogens with zero attached hydrogens (tertiary/aromatic N) is 3. The first-order chi connectivity index (χ1) is 17.7. The van der Waals surface area contributed by atoms with Crippen LogP contribution in [0.2, 0.25) is 0 Å². The summed E-state index contributed by atoms with van der Waals surface area (Å²) in [6.45, 7) is 8.20. The molecule has 1 aliphatic heterocycles. The van der Waals surface area contributed by atoms with Crippen LogP contribution in [-0.2, 0) is 11.3 Å². The second-order valence-electron chi connectivity index (χ2n) is 9.73. The van der Waals surface area contributed by atoms with Crippen molar-refractivity contribution in [2.24, 2.45) is 0 Å². The average molecular weight is 506 g/mol. The van der Waals surface area contributed by atoms with Gasteiger partial charge >= 0.3 is 0 Å². The molecule has 1 aliphatic rings. The molecule has 0 aromatic heterocycles. The summed E-state index contributed by atoms with van der Waals surface area (Å²) in [7, 11) is 0. The second kappa shape index (κ2) is 11.5. The number of halogens is 1. The molecule has 3 aromatic rings. The molecule has 37 heavy (non-hydrogen) atoms. The van der Waals surface area contributed by atoms with E-state index in [0.717, 1.165) is 29.8 Å². The number of hydrogen-bond acceptors (Lipinski definition) is 5. The Hall–Kier alpha value is -3.78. The van der Waals surface area contributed by atoms with Crippen LogP contribution in [0.5, 0.6) is 5.75 Å². The summed E-state index contributed by atoms with van der Waals surface area (Å²) in [6.07, 6.45) is 0. The molecule has 0 spiro atoms. The summed E-state index contributed by atoms with van der Waals surface area (Å²) < 4.78 is 19.0. The molecule has 0 bridgehead atoms. The van der Waals surface area contributed by atoms with Gasteiger partial charge in [-0.25, -0.2) is 4.39 Å². The fourth-order valence-electron chi connectivity index (χ4n) is 4.75. The van der Waals surface area contributed by atoms with Gasteiger partial charge in [0.15, 0.2) is 6.61 Å². The van der Waals surface area contributed by atoms with Gasteiger partial charge in [0.05, 0.1) is 4.92 Å². The highest BCUT2D eigenvalue weighted by molar-refractivity contribution is 5.78. The minimum Gasteiger partial charge on any atom is -0.484 e. The number of amides is 1. The Morgan fingerprint density at radius 2 is 1.57 bits per heavy atom. The zero-order chi connectivity index (χ0) is 26.5. The van der Waals surface area contributed by atoms with Crippen LogP contribution in [0.1, 0.15) is 43.4 Å². The van der Waals surface area contributed by atoms with Gasteiger partial charge in [0, 0.05) is 49.8 Å². The Balaban J connectivity index is 1.29. The Labute approximate surface area is 216 Å². The maximum atomic E-state index is 13.2. The highest BCUT2D eigenvalue weighted by atomic mass is 19.1. The van der Waals surface area contributed by atoms with Gasteiger partial charge in [-0.3, -0.25) is 19.8 Å². The molecule has 1 fully saturated rings. The summed E-state index contributed by atoms with van der Waals surface area (Å²) in [5.41, 5.74) is 3.15. The first-order valence-electron chi connectivity index (χ1n) is 12.5. The highest BCUT2D eigenvalue weighted by Gasteiger charge is 2.32. The predicted molar refractivity (Wildman–Crippen MR) is 140 cm³/mol. The lowest BCUT2D eigenvalue weighted by atomic mass is 9.93. The van der Waals surface area contributed by atoms with E-state index in [1.54, 1.807) is 24.3 Å². The molecular formula is C29H32FN3O4. The fraction of sp³-hybridized carbons (Fsp3) is 0.345. The van der Waals surface area contributed by atoms with Crippen LogP contribution in [0.3, 0.4) is 0 Å². The van der Waals surface area contributed by atoms with E-state index in [1.807, 2.05) is 43.0 Å². The molecule has 1 heterocycles. The third kappa shape index (κ3) is 6.51. The highest BCUT2D eigenvalue weighted by Crippen LogP contribution is 2.27. The largest absolute Gasteiger partial charge is 0.484 e. The van der Waals surface area contributed by atoms with Crippen LogP contribution in [0.4, 0.5) is 10.1 Å². The molecule has 0 N–H and O–H groups in total. The molecule has 8 heteroatoms. The molecule has 0 radical (unpaired) electrons. The molecule has 3 atom stereocenters. The first kappa shape index (κ1) is 26.3. The number of rotatable bonds is 8. The minimum atomic E-state index is -0.406. The third-order valence-electron chi connectivity index (χ3n) is 7.08. The van der Waals surface area contributed by atoms with Gasteiger partial charge in [-0.15, -0.1) is 0 Å². The number of nitro groups is 1. The van der Waals surface area contributed by atoms with Crippen molar-refractivity contribution >= 4 is 11.6 Å². The lowest BCUT2D eigenvalue weighted by Gasteiger charge is -2.44. The maximum absolute atomic E-state index is 13.2. The molecule has 7 nitrogen and oxygen atoms in total. The number of non-ortho nitro benzene ring substituents is 1. The predicted octanol–water partition coefficient (Wildman–Crippen LogP) is 5.39. The first-order valence-corrected chi connectivity index (χ1v) is 12.5. The number of piperazine rings is 1. The van der Waals surface area contributed by atoms with Crippen molar-refractivity contribution in [3.63, 3.8) is 0 Å². The Morgan fingerprint density at radius 1 is 0.973 bits per heavy atom. The van der Waals surface area contributed by atoms with Crippen LogP contribution in [-0.4, -0.2) is 52.4 Å². The molecule has 1 amide bonds. The fourth-order valence-corrected chi connectivity index (χ4v) is 4.75. The number of ether oxygens (including phenoxy) is 1. The van der Waals surface area contributed by atoms with E-state index < -0.39 is 4.92 Å². The van der Waals surface area contributed by atoms with Crippen molar-refractivity contribution in [3.8, 4) is 5.75 Å². The topological polar surface area (TPSA) is 75.9 Å². The van der Waals surface area contributed by atoms with E-state index >= 15 is 0 Å². The van der Waals surface area contributed by atoms with Crippen molar-refractivity contribution in [3.05, 3.63) is 105 Å². The number of hydrogen-bond donors (Lipinski definition) is 0. The summed E-state index contributed by atoms with van der Waals surface area (Å²) in [4.78, 5) is 27.6. The van der Waals surface area contributed by atoms with Crippen LogP contribution in [0, 0.1) is 15.9 Å². The van der Waals surface area contributed by atoms with Gasteiger partial charge in [0.2, 0.25) is 0 Å². The summed E-state index contributed by atoms with van der Waals surface area (Å²) in [5.74, 6) is 0.381. The van der Waals surface area contributed by atoms with E-state index in [1.165, 1.54) is 24.3 Å². The molecule has 4 rings (SSSR count). The maximum Gasteiger partial charge on any atom is 0.269 e. The zero-order valence-corrected chi connectivity index (χ0v) is 21.3. The zero-order valence-electron chi connectivity index (χ0n) is 21.3. The molecule has 194 valence electrons. The minimum absolute atomic E-state index is 0.0354. The Bertz CT molecular complexity index is 1220. The third-order valence-corrected chi connectivity index (χ3v) is 7.08. The van der Waals surface area contributed by atoms with Crippen LogP contribution in [0.25, 0.3) is 0 Å². The van der Waals surface area contributed by atoms with Gasteiger partial charge < -0.3 is 9.64 Å². The standard InChI is InChI=1S/C29H32FN3O4/c1-20-17-32(21(2)16-31(20)18-23-4-10-26(30)11-5-23)29(34)19-37-28-14-8-25(9-15-28)22(3)24-6-12-27(13-7-24)33(35)36/h4-15,20-22H,16-19H2,1-3H3/t20-,21+,22?/m1/s1. The SMILES string of the molecule is CC(c1ccc(OCC(=O)N2C[C@@H](C)N(Cc3ccc(F)cc3)C[C@@H]2C)cc1)c1ccc([N+](=O)[O-])cc1. The summed E-state index contributed by atoms with van der Waals surface area (Å²) >= 11 is 0. The van der Waals surface area contributed by atoms with Gasteiger partial charge in [-0.05, 0) is 54.8 Å². The molecular weight excluding hydrogens is 473 g/mol. The number of nitro benzene ring substituents is 1. The van der Waals surface area contributed by atoms with Crippen molar-refractivity contribution < 1.29 is 18.8 Å². The van der Waals surface area contributed by atoms with Crippen LogP contribution >= 0.6 is 0 Å². The second-order valence-corrected chi connectivity index (χ2v) is 9.73. The molecule has 1 unspecified atom stereocenters. The van der Waals surface area contributed by atoms with Crippen molar-refractivity contribution in [2.75, 3.05) is 19.7 Å². The molecule has 3 aromatic carbocycles. The lowest BCUT2D eigenvalue weighted by Crippen LogP contribution is -2.58. The number of carbonyl (C=O) groups is 1. The Kier molecular flexibility index (Phi) is 8.18. The normalized spacial score (nSPS) is 18.9. The average Bonchev–Trinajstić information content (AvgIpc) is 2.90. The van der Waals surface area contributed by atoms with E-state index in [-0.39, 0.29) is 42.0 Å². The number of carbonyl (C=O) groups excluding carboxylic acids is 1. The van der Waals surface area contributed by atoms with Crippen LogP contribution < -0.4 is 4.74 Å². The van der Waals surface area contributed by atoms with Gasteiger partial charge in [0.25, 0.3) is 11.6 Å². The van der Waals surface area contributed by atoms with Gasteiger partial charge in [-0.2, -0.15) is 0 Å². The van der Waals surface area contributed by atoms with E-state index in [0.29, 0.717) is 12.3 Å². The van der Waals surface area contributed by atoms with Crippen molar-refractivity contribution in [2.45, 2.75) is 45.3 Å². The van der Waals surface area contributed by atoms with E-state index in [4.69, 9.17) is 4.74 Å². The summed E-state index contributed by atoms with van der Waals surface area (Å²) in [5, 5.41) is 10.9. The molecule has 1 saturated heterocycles. The van der Waals surface area contributed by atoms with Gasteiger partial charge in [0.1, 0.15) is 11.6 Å². The van der Waals surface area contributed by atoms with Crippen molar-refractivity contribution in [1.29, 1.82) is 0 Å². The lowest BCUT2D eigenvalue weighted by molar-refractivity contribution is -0.384. The monoisotopic (exact) mass is 505 g/mol. The number of benzene rings is 3. The smallest absolute Gasteiger partial charge is 0.269 e. The molecule has 0 aliphatic carbocycles. The Morgan fingerprint density at radius 3 is 2.16 bits per heavy atom. The van der Waals surface area contributed by atoms with Gasteiger partial charge in [-0.1, -0.05) is 43.3 Å². The van der Waals surface area contributed by atoms with Crippen LogP contribution in [0.15, 0.2) is 72.8 Å². The van der Waals surface area contributed by atoms with E-state index in [9.17, 15) is 19.3 Å². The summed E-state index contributed by atoms with van der Waals surface area (Å²) in [6, 6.07) is 20.9. The molecule has 0 saturated carbocycles. The van der Waals surface area contributed by atoms with Crippen molar-refractivity contribution in [1.82, 2.24) is 9.80 Å². The van der Waals surface area contributed by atoms with E-state index in [2.05, 4.69) is 11.8 Å².